The van der Waals surface area contributed by atoms with Crippen molar-refractivity contribution in [1.82, 2.24) is 24.3 Å². The third-order valence-corrected chi connectivity index (χ3v) is 7.92. The van der Waals surface area contributed by atoms with Crippen LogP contribution < -0.4 is 0 Å². The predicted molar refractivity (Wildman–Crippen MR) is 181 cm³/mol. The minimum Gasteiger partial charge on any atom is -0.306 e. The summed E-state index contributed by atoms with van der Waals surface area (Å²) in [5.74, 6) is 1.85. The number of hydrogen-bond donors (Lipinski definition) is 0. The highest BCUT2D eigenvalue weighted by Crippen LogP contribution is 2.33. The topological polar surface area (TPSA) is 56.0 Å². The van der Waals surface area contributed by atoms with E-state index in [1.54, 1.807) is 0 Å². The molecule has 8 aromatic rings. The average molecular weight is 578 g/mol. The Morgan fingerprint density at radius 2 is 0.867 bits per heavy atom. The maximum atomic E-state index is 5.04. The van der Waals surface area contributed by atoms with Crippen LogP contribution in [0.4, 0.5) is 0 Å². The molecule has 0 atom stereocenters. The lowest BCUT2D eigenvalue weighted by molar-refractivity contribution is 1.07. The van der Waals surface area contributed by atoms with E-state index in [2.05, 4.69) is 84.9 Å². The minimum absolute atomic E-state index is 0.603. The smallest absolute Gasteiger partial charge is 0.164 e. The van der Waals surface area contributed by atoms with Crippen molar-refractivity contribution in [2.75, 3.05) is 0 Å². The van der Waals surface area contributed by atoms with Crippen LogP contribution in [-0.2, 0) is 0 Å². The summed E-state index contributed by atoms with van der Waals surface area (Å²) in [6, 6.07) is 51.7. The van der Waals surface area contributed by atoms with Crippen LogP contribution in [0.15, 0.2) is 164 Å². The van der Waals surface area contributed by atoms with Crippen molar-refractivity contribution in [1.29, 1.82) is 0 Å². The molecular weight excluding hydrogens is 550 g/mol. The van der Waals surface area contributed by atoms with Gasteiger partial charge in [-0.05, 0) is 40.5 Å². The van der Waals surface area contributed by atoms with E-state index in [4.69, 9.17) is 19.9 Å². The van der Waals surface area contributed by atoms with Gasteiger partial charge in [-0.3, -0.25) is 0 Å². The van der Waals surface area contributed by atoms with Gasteiger partial charge in [0.15, 0.2) is 17.5 Å². The molecule has 0 unspecified atom stereocenters. The summed E-state index contributed by atoms with van der Waals surface area (Å²) in [6.07, 6.45) is 4.05. The lowest BCUT2D eigenvalue weighted by Gasteiger charge is -2.11. The van der Waals surface area contributed by atoms with Crippen LogP contribution in [0, 0.1) is 0 Å². The first kappa shape index (κ1) is 26.4. The van der Waals surface area contributed by atoms with Gasteiger partial charge in [0.2, 0.25) is 0 Å². The molecule has 3 aromatic heterocycles. The van der Waals surface area contributed by atoms with E-state index < -0.39 is 0 Å². The number of imidazole rings is 1. The molecule has 0 aliphatic carbocycles. The molecule has 0 radical (unpaired) electrons. The van der Waals surface area contributed by atoms with Gasteiger partial charge < -0.3 is 4.40 Å². The first-order valence-electron chi connectivity index (χ1n) is 14.9. The number of benzene rings is 5. The van der Waals surface area contributed by atoms with Crippen molar-refractivity contribution in [3.63, 3.8) is 0 Å². The number of nitrogens with zero attached hydrogens (tertiary/aromatic N) is 5. The Bertz CT molecular complexity index is 2220. The van der Waals surface area contributed by atoms with Crippen molar-refractivity contribution in [2.24, 2.45) is 0 Å². The van der Waals surface area contributed by atoms with Gasteiger partial charge in [-0.15, -0.1) is 0 Å². The summed E-state index contributed by atoms with van der Waals surface area (Å²) in [7, 11) is 0. The number of pyridine rings is 1. The largest absolute Gasteiger partial charge is 0.306 e. The van der Waals surface area contributed by atoms with E-state index >= 15 is 0 Å². The normalized spacial score (nSPS) is 11.1. The van der Waals surface area contributed by atoms with E-state index in [0.29, 0.717) is 17.5 Å². The zero-order valence-corrected chi connectivity index (χ0v) is 24.3. The molecule has 0 N–H and O–H groups in total. The van der Waals surface area contributed by atoms with Gasteiger partial charge in [0.1, 0.15) is 5.65 Å². The fourth-order valence-electron chi connectivity index (χ4n) is 5.63. The Balaban J connectivity index is 1.21. The lowest BCUT2D eigenvalue weighted by atomic mass is 9.98. The highest BCUT2D eigenvalue weighted by Gasteiger charge is 2.17. The Hall–Kier alpha value is -6.20. The molecule has 8 rings (SSSR count). The van der Waals surface area contributed by atoms with Crippen molar-refractivity contribution < 1.29 is 0 Å². The van der Waals surface area contributed by atoms with E-state index in [-0.39, 0.29) is 0 Å². The number of aromatic nitrogens is 5. The predicted octanol–water partition coefficient (Wildman–Crippen LogP) is 9.52. The van der Waals surface area contributed by atoms with Crippen LogP contribution in [0.1, 0.15) is 0 Å². The molecule has 0 amide bonds. The summed E-state index contributed by atoms with van der Waals surface area (Å²) < 4.78 is 2.03. The van der Waals surface area contributed by atoms with Crippen molar-refractivity contribution in [3.05, 3.63) is 164 Å². The maximum absolute atomic E-state index is 5.04. The van der Waals surface area contributed by atoms with Crippen LogP contribution in [0.25, 0.3) is 73.3 Å². The van der Waals surface area contributed by atoms with Gasteiger partial charge in [-0.1, -0.05) is 133 Å². The number of rotatable bonds is 6. The first-order valence-corrected chi connectivity index (χ1v) is 14.9. The lowest BCUT2D eigenvalue weighted by Crippen LogP contribution is -2.01. The van der Waals surface area contributed by atoms with E-state index in [9.17, 15) is 0 Å². The molecule has 0 saturated carbocycles. The van der Waals surface area contributed by atoms with Crippen molar-refractivity contribution in [3.8, 4) is 67.7 Å². The molecule has 45 heavy (non-hydrogen) atoms. The molecule has 0 aliphatic heterocycles. The zero-order chi connectivity index (χ0) is 30.0. The highest BCUT2D eigenvalue weighted by molar-refractivity contribution is 5.81. The van der Waals surface area contributed by atoms with Crippen LogP contribution >= 0.6 is 0 Å². The van der Waals surface area contributed by atoms with Crippen LogP contribution in [0.5, 0.6) is 0 Å². The molecule has 0 saturated heterocycles. The molecule has 0 bridgehead atoms. The van der Waals surface area contributed by atoms with Gasteiger partial charge in [-0.2, -0.15) is 0 Å². The summed E-state index contributed by atoms with van der Waals surface area (Å²) in [6.45, 7) is 0. The quantitative estimate of drug-likeness (QED) is 0.197. The number of fused-ring (bicyclic) bond motifs is 1. The van der Waals surface area contributed by atoms with Crippen LogP contribution in [0.2, 0.25) is 0 Å². The second-order valence-electron chi connectivity index (χ2n) is 10.8. The Morgan fingerprint density at radius 1 is 0.356 bits per heavy atom. The summed E-state index contributed by atoms with van der Waals surface area (Å²) in [4.78, 5) is 19.9. The second kappa shape index (κ2) is 11.5. The summed E-state index contributed by atoms with van der Waals surface area (Å²) in [5, 5.41) is 0. The Kier molecular flexibility index (Phi) is 6.74. The Morgan fingerprint density at radius 3 is 1.56 bits per heavy atom. The third-order valence-electron chi connectivity index (χ3n) is 7.92. The van der Waals surface area contributed by atoms with Crippen LogP contribution in [0.3, 0.4) is 0 Å². The van der Waals surface area contributed by atoms with Crippen LogP contribution in [-0.4, -0.2) is 24.3 Å². The first-order chi connectivity index (χ1) is 22.3. The Labute approximate surface area is 261 Å². The molecule has 0 fully saturated rings. The van der Waals surface area contributed by atoms with E-state index in [1.807, 2.05) is 83.5 Å². The zero-order valence-electron chi connectivity index (χ0n) is 24.3. The minimum atomic E-state index is 0.603. The molecule has 5 aromatic carbocycles. The summed E-state index contributed by atoms with van der Waals surface area (Å²) in [5.41, 5.74) is 10.1. The van der Waals surface area contributed by atoms with Gasteiger partial charge in [0, 0.05) is 34.6 Å². The molecule has 0 spiro atoms. The van der Waals surface area contributed by atoms with E-state index in [0.717, 1.165) is 44.7 Å². The van der Waals surface area contributed by atoms with E-state index in [1.165, 1.54) is 11.1 Å². The van der Waals surface area contributed by atoms with Crippen molar-refractivity contribution in [2.45, 2.75) is 0 Å². The monoisotopic (exact) mass is 577 g/mol. The molecular formula is C40H27N5. The maximum Gasteiger partial charge on any atom is 0.164 e. The van der Waals surface area contributed by atoms with Gasteiger partial charge in [0.05, 0.1) is 5.69 Å². The molecule has 5 nitrogen and oxygen atoms in total. The second-order valence-corrected chi connectivity index (χ2v) is 10.8. The molecule has 0 aliphatic rings. The average Bonchev–Trinajstić information content (AvgIpc) is 3.57. The fraction of sp³-hybridized carbons (Fsp3) is 0. The standard InChI is InChI=1S/C40H27N5/c1-3-12-28(13-4-1)32-16-11-17-33(26-32)29-21-23-31(24-22-29)39-42-38(30-14-5-2-6-15-30)43-40(44-39)35-19-8-7-18-34(35)36-27-45-25-10-9-20-37(45)41-36/h1-27H. The SMILES string of the molecule is c1ccc(-c2cccc(-c3ccc(-c4nc(-c5ccccc5)nc(-c5ccccc5-c5cn6ccccc6n5)n4)cc3)c2)cc1. The number of hydrogen-bond acceptors (Lipinski definition) is 4. The van der Waals surface area contributed by atoms with Crippen molar-refractivity contribution >= 4 is 5.65 Å². The molecule has 3 heterocycles. The van der Waals surface area contributed by atoms with Gasteiger partial charge in [-0.25, -0.2) is 19.9 Å². The molecule has 212 valence electrons. The highest BCUT2D eigenvalue weighted by atomic mass is 15.0. The van der Waals surface area contributed by atoms with Gasteiger partial charge >= 0.3 is 0 Å². The molecule has 5 heteroatoms. The van der Waals surface area contributed by atoms with Gasteiger partial charge in [0.25, 0.3) is 0 Å². The fourth-order valence-corrected chi connectivity index (χ4v) is 5.63. The summed E-state index contributed by atoms with van der Waals surface area (Å²) >= 11 is 0. The third kappa shape index (κ3) is 5.28.